The van der Waals surface area contributed by atoms with E-state index in [0.717, 1.165) is 11.5 Å². The summed E-state index contributed by atoms with van der Waals surface area (Å²) in [5.74, 6) is -0.0540. The van der Waals surface area contributed by atoms with Crippen LogP contribution in [0.2, 0.25) is 0 Å². The van der Waals surface area contributed by atoms with Crippen LogP contribution in [0.4, 0.5) is 0 Å². The molecule has 0 aliphatic rings. The number of hydrogen-bond acceptors (Lipinski definition) is 6. The van der Waals surface area contributed by atoms with Gasteiger partial charge in [-0.2, -0.15) is 0 Å². The Hall–Kier alpha value is -2.60. The van der Waals surface area contributed by atoms with Crippen molar-refractivity contribution in [3.8, 4) is 5.75 Å². The molecule has 1 atom stereocenters. The molecule has 0 saturated heterocycles. The molecule has 0 aliphatic heterocycles. The van der Waals surface area contributed by atoms with Gasteiger partial charge in [0.2, 0.25) is 0 Å². The zero-order valence-electron chi connectivity index (χ0n) is 11.9. The minimum atomic E-state index is -0.817. The van der Waals surface area contributed by atoms with E-state index in [9.17, 15) is 14.7 Å². The first-order valence-corrected chi connectivity index (χ1v) is 6.72. The van der Waals surface area contributed by atoms with Crippen LogP contribution in [0.25, 0.3) is 11.0 Å². The molecule has 1 aromatic heterocycles. The van der Waals surface area contributed by atoms with Gasteiger partial charge in [0.15, 0.2) is 0 Å². The lowest BCUT2D eigenvalue weighted by molar-refractivity contribution is -0.140. The summed E-state index contributed by atoms with van der Waals surface area (Å²) in [6.07, 6.45) is 0.509. The van der Waals surface area contributed by atoms with Crippen molar-refractivity contribution in [3.63, 3.8) is 0 Å². The van der Waals surface area contributed by atoms with Gasteiger partial charge in [-0.3, -0.25) is 0 Å². The van der Waals surface area contributed by atoms with E-state index in [1.54, 1.807) is 24.3 Å². The van der Waals surface area contributed by atoms with E-state index < -0.39 is 17.7 Å². The molecular formula is C16H16O6. The Kier molecular flexibility index (Phi) is 5.32. The summed E-state index contributed by atoms with van der Waals surface area (Å²) in [6.45, 7) is 3.38. The van der Waals surface area contributed by atoms with Gasteiger partial charge in [-0.25, -0.2) is 9.59 Å². The fourth-order valence-corrected chi connectivity index (χ4v) is 1.76. The van der Waals surface area contributed by atoms with Gasteiger partial charge in [-0.1, -0.05) is 6.58 Å². The van der Waals surface area contributed by atoms with Gasteiger partial charge in [0.1, 0.15) is 17.9 Å². The van der Waals surface area contributed by atoms with Crippen LogP contribution in [0.5, 0.6) is 5.75 Å². The molecule has 6 heteroatoms. The molecule has 2 rings (SSSR count). The second-order valence-electron chi connectivity index (χ2n) is 4.58. The Morgan fingerprint density at radius 1 is 1.36 bits per heavy atom. The van der Waals surface area contributed by atoms with E-state index >= 15 is 0 Å². The smallest absolute Gasteiger partial charge is 0.336 e. The van der Waals surface area contributed by atoms with E-state index in [-0.39, 0.29) is 13.2 Å². The number of benzene rings is 1. The monoisotopic (exact) mass is 304 g/mol. The van der Waals surface area contributed by atoms with Crippen molar-refractivity contribution in [1.29, 1.82) is 0 Å². The van der Waals surface area contributed by atoms with E-state index in [2.05, 4.69) is 6.58 Å². The molecule has 1 aromatic carbocycles. The lowest BCUT2D eigenvalue weighted by Crippen LogP contribution is -2.20. The first-order valence-electron chi connectivity index (χ1n) is 6.72. The maximum Gasteiger partial charge on any atom is 0.336 e. The van der Waals surface area contributed by atoms with Gasteiger partial charge < -0.3 is 19.0 Å². The number of carbonyl (C=O) groups is 1. The van der Waals surface area contributed by atoms with Crippen LogP contribution in [-0.4, -0.2) is 30.4 Å². The predicted molar refractivity (Wildman–Crippen MR) is 79.8 cm³/mol. The van der Waals surface area contributed by atoms with Crippen molar-refractivity contribution >= 4 is 16.9 Å². The zero-order chi connectivity index (χ0) is 15.9. The van der Waals surface area contributed by atoms with Crippen molar-refractivity contribution < 1.29 is 23.8 Å². The zero-order valence-corrected chi connectivity index (χ0v) is 11.9. The summed E-state index contributed by atoms with van der Waals surface area (Å²) in [5, 5.41) is 10.4. The Morgan fingerprint density at radius 2 is 2.14 bits per heavy atom. The molecular weight excluding hydrogens is 288 g/mol. The molecule has 0 saturated carbocycles. The average Bonchev–Trinajstić information content (AvgIpc) is 2.52. The third kappa shape index (κ3) is 4.46. The first kappa shape index (κ1) is 15.8. The number of ether oxygens (including phenoxy) is 2. The molecule has 6 nitrogen and oxygen atoms in total. The predicted octanol–water partition coefficient (Wildman–Crippen LogP) is 1.65. The fraction of sp³-hybridized carbons (Fsp3) is 0.250. The molecule has 0 radical (unpaired) electrons. The SMILES string of the molecule is C=CC(=O)OCC(O)CCOc1ccc2ccc(=O)oc2c1. The largest absolute Gasteiger partial charge is 0.493 e. The molecule has 0 aliphatic carbocycles. The average molecular weight is 304 g/mol. The van der Waals surface area contributed by atoms with Crippen molar-refractivity contribution in [1.82, 2.24) is 0 Å². The summed E-state index contributed by atoms with van der Waals surface area (Å²) in [4.78, 5) is 22.0. The Morgan fingerprint density at radius 3 is 2.91 bits per heavy atom. The molecule has 22 heavy (non-hydrogen) atoms. The molecule has 0 fully saturated rings. The van der Waals surface area contributed by atoms with Crippen LogP contribution < -0.4 is 10.4 Å². The number of aliphatic hydroxyl groups excluding tert-OH is 1. The molecule has 0 spiro atoms. The second kappa shape index (κ2) is 7.42. The van der Waals surface area contributed by atoms with Gasteiger partial charge in [-0.15, -0.1) is 0 Å². The third-order valence-electron chi connectivity index (χ3n) is 2.90. The lowest BCUT2D eigenvalue weighted by Gasteiger charge is -2.11. The molecule has 0 bridgehead atoms. The molecule has 1 unspecified atom stereocenters. The molecule has 2 aromatic rings. The van der Waals surface area contributed by atoms with Gasteiger partial charge in [0.25, 0.3) is 0 Å². The Balaban J connectivity index is 1.85. The van der Waals surface area contributed by atoms with Crippen LogP contribution in [0.1, 0.15) is 6.42 Å². The second-order valence-corrected chi connectivity index (χ2v) is 4.58. The third-order valence-corrected chi connectivity index (χ3v) is 2.90. The number of esters is 1. The summed E-state index contributed by atoms with van der Waals surface area (Å²) in [6, 6.07) is 8.15. The summed E-state index contributed by atoms with van der Waals surface area (Å²) in [7, 11) is 0. The minimum absolute atomic E-state index is 0.110. The maximum absolute atomic E-state index is 11.2. The van der Waals surface area contributed by atoms with Gasteiger partial charge in [0, 0.05) is 30.0 Å². The quantitative estimate of drug-likeness (QED) is 0.475. The highest BCUT2D eigenvalue weighted by atomic mass is 16.5. The van der Waals surface area contributed by atoms with Crippen LogP contribution in [0, 0.1) is 0 Å². The van der Waals surface area contributed by atoms with E-state index in [4.69, 9.17) is 13.9 Å². The Labute approximate surface area is 126 Å². The summed E-state index contributed by atoms with van der Waals surface area (Å²) >= 11 is 0. The topological polar surface area (TPSA) is 86.0 Å². The van der Waals surface area contributed by atoms with Crippen LogP contribution in [0.15, 0.2) is 52.2 Å². The van der Waals surface area contributed by atoms with Crippen LogP contribution in [-0.2, 0) is 9.53 Å². The van der Waals surface area contributed by atoms with Crippen molar-refractivity contribution in [3.05, 3.63) is 53.4 Å². The number of hydrogen-bond donors (Lipinski definition) is 1. The van der Waals surface area contributed by atoms with Crippen molar-refractivity contribution in [2.24, 2.45) is 0 Å². The van der Waals surface area contributed by atoms with E-state index in [1.807, 2.05) is 0 Å². The number of rotatable bonds is 7. The van der Waals surface area contributed by atoms with Gasteiger partial charge in [-0.05, 0) is 18.2 Å². The van der Waals surface area contributed by atoms with Gasteiger partial charge >= 0.3 is 11.6 Å². The molecule has 1 heterocycles. The minimum Gasteiger partial charge on any atom is -0.493 e. The van der Waals surface area contributed by atoms with Gasteiger partial charge in [0.05, 0.1) is 12.7 Å². The summed E-state index contributed by atoms with van der Waals surface area (Å²) in [5.41, 5.74) is 0.00886. The van der Waals surface area contributed by atoms with E-state index in [1.165, 1.54) is 6.07 Å². The molecule has 116 valence electrons. The highest BCUT2D eigenvalue weighted by molar-refractivity contribution is 5.81. The Bertz CT molecular complexity index is 718. The fourth-order valence-electron chi connectivity index (χ4n) is 1.76. The normalized spacial score (nSPS) is 11.9. The number of fused-ring (bicyclic) bond motifs is 1. The number of carbonyl (C=O) groups excluding carboxylic acids is 1. The summed E-state index contributed by atoms with van der Waals surface area (Å²) < 4.78 is 15.2. The number of aliphatic hydroxyl groups is 1. The van der Waals surface area contributed by atoms with Crippen LogP contribution in [0.3, 0.4) is 0 Å². The highest BCUT2D eigenvalue weighted by Gasteiger charge is 2.07. The van der Waals surface area contributed by atoms with Crippen LogP contribution >= 0.6 is 0 Å². The molecule has 0 amide bonds. The molecule has 1 N–H and O–H groups in total. The highest BCUT2D eigenvalue weighted by Crippen LogP contribution is 2.19. The maximum atomic E-state index is 11.2. The standard InChI is InChI=1S/C16H16O6/c1-2-15(18)21-10-12(17)7-8-20-13-5-3-11-4-6-16(19)22-14(11)9-13/h2-6,9,12,17H,1,7-8,10H2. The van der Waals surface area contributed by atoms with E-state index in [0.29, 0.717) is 17.8 Å². The first-order chi connectivity index (χ1) is 10.6. The van der Waals surface area contributed by atoms with Crippen molar-refractivity contribution in [2.45, 2.75) is 12.5 Å². The lowest BCUT2D eigenvalue weighted by atomic mass is 10.2. The van der Waals surface area contributed by atoms with Crippen molar-refractivity contribution in [2.75, 3.05) is 13.2 Å².